The summed E-state index contributed by atoms with van der Waals surface area (Å²) in [7, 11) is 4.51. The minimum absolute atomic E-state index is 0.0809. The van der Waals surface area contributed by atoms with Crippen LogP contribution in [0, 0.1) is 0 Å². The molecule has 0 aromatic heterocycles. The first kappa shape index (κ1) is 24.7. The number of carbonyl (C=O) groups excluding carboxylic acids is 2. The zero-order valence-corrected chi connectivity index (χ0v) is 20.8. The molecule has 2 aliphatic heterocycles. The van der Waals surface area contributed by atoms with Crippen LogP contribution in [0.4, 0.5) is 11.4 Å². The van der Waals surface area contributed by atoms with Crippen molar-refractivity contribution in [2.24, 2.45) is 0 Å². The van der Waals surface area contributed by atoms with E-state index in [9.17, 15) is 9.59 Å². The quantitative estimate of drug-likeness (QED) is 0.614. The molecule has 2 aromatic rings. The number of hydrogen-bond acceptors (Lipinski definition) is 7. The van der Waals surface area contributed by atoms with Gasteiger partial charge in [-0.2, -0.15) is 0 Å². The number of anilines is 2. The van der Waals surface area contributed by atoms with Gasteiger partial charge in [0.15, 0.2) is 17.6 Å². The van der Waals surface area contributed by atoms with Gasteiger partial charge in [0, 0.05) is 24.3 Å². The van der Waals surface area contributed by atoms with Gasteiger partial charge in [-0.25, -0.2) is 0 Å². The van der Waals surface area contributed by atoms with Crippen molar-refractivity contribution in [2.75, 3.05) is 57.7 Å². The van der Waals surface area contributed by atoms with E-state index in [0.29, 0.717) is 46.5 Å². The zero-order valence-electron chi connectivity index (χ0n) is 20.8. The Morgan fingerprint density at radius 2 is 1.69 bits per heavy atom. The number of ether oxygens (including phenoxy) is 4. The average Bonchev–Trinajstić information content (AvgIpc) is 2.88. The van der Waals surface area contributed by atoms with Gasteiger partial charge in [-0.1, -0.05) is 6.42 Å². The molecule has 2 amide bonds. The van der Waals surface area contributed by atoms with E-state index >= 15 is 0 Å². The van der Waals surface area contributed by atoms with E-state index in [2.05, 4.69) is 10.2 Å². The normalized spacial score (nSPS) is 17.9. The number of nitrogens with zero attached hydrogens (tertiary/aromatic N) is 2. The Labute approximate surface area is 205 Å². The zero-order chi connectivity index (χ0) is 24.9. The summed E-state index contributed by atoms with van der Waals surface area (Å²) in [5, 5.41) is 2.91. The Morgan fingerprint density at radius 1 is 1.00 bits per heavy atom. The molecule has 9 nitrogen and oxygen atoms in total. The number of piperidine rings is 1. The van der Waals surface area contributed by atoms with Crippen LogP contribution in [-0.2, 0) is 4.79 Å². The summed E-state index contributed by atoms with van der Waals surface area (Å²) in [6, 6.07) is 8.52. The molecule has 0 saturated carbocycles. The van der Waals surface area contributed by atoms with Crippen molar-refractivity contribution in [3.05, 3.63) is 35.9 Å². The summed E-state index contributed by atoms with van der Waals surface area (Å²) in [5.41, 5.74) is 1.56. The maximum atomic E-state index is 13.1. The third-order valence-electron chi connectivity index (χ3n) is 6.44. The smallest absolute Gasteiger partial charge is 0.267 e. The number of rotatable bonds is 8. The second kappa shape index (κ2) is 10.9. The molecule has 1 N–H and O–H groups in total. The summed E-state index contributed by atoms with van der Waals surface area (Å²) < 4.78 is 21.9. The maximum absolute atomic E-state index is 13.1. The molecule has 1 unspecified atom stereocenters. The molecule has 0 aliphatic carbocycles. The van der Waals surface area contributed by atoms with Crippen LogP contribution in [0.15, 0.2) is 30.3 Å². The number of likely N-dealkylation sites (tertiary alicyclic amines) is 1. The molecule has 1 saturated heterocycles. The van der Waals surface area contributed by atoms with Crippen molar-refractivity contribution < 1.29 is 28.5 Å². The number of benzene rings is 2. The molecule has 35 heavy (non-hydrogen) atoms. The van der Waals surface area contributed by atoms with Gasteiger partial charge in [-0.05, 0) is 63.2 Å². The average molecular weight is 484 g/mol. The van der Waals surface area contributed by atoms with Crippen LogP contribution < -0.4 is 29.2 Å². The van der Waals surface area contributed by atoms with Gasteiger partial charge in [0.2, 0.25) is 5.75 Å². The number of hydrogen-bond donors (Lipinski definition) is 1. The second-order valence-corrected chi connectivity index (χ2v) is 8.70. The third kappa shape index (κ3) is 5.30. The standard InChI is InChI=1S/C26H33N3O6/c1-17-26(31)29(13-12-28-10-6-5-7-11-28)20-16-19(8-9-21(20)35-17)27-25(30)18-14-22(32-2)24(34-4)23(15-18)33-3/h8-9,14-17H,5-7,10-13H2,1-4H3,(H,27,30). The van der Waals surface area contributed by atoms with Crippen LogP contribution in [-0.4, -0.2) is 70.3 Å². The van der Waals surface area contributed by atoms with Crippen LogP contribution in [0.2, 0.25) is 0 Å². The molecule has 2 aliphatic rings. The highest BCUT2D eigenvalue weighted by Gasteiger charge is 2.32. The Kier molecular flexibility index (Phi) is 7.65. The van der Waals surface area contributed by atoms with Crippen LogP contribution in [0.1, 0.15) is 36.5 Å². The second-order valence-electron chi connectivity index (χ2n) is 8.70. The maximum Gasteiger partial charge on any atom is 0.267 e. The predicted octanol–water partition coefficient (Wildman–Crippen LogP) is 3.56. The lowest BCUT2D eigenvalue weighted by atomic mass is 10.1. The van der Waals surface area contributed by atoms with Gasteiger partial charge in [-0.15, -0.1) is 0 Å². The van der Waals surface area contributed by atoms with E-state index in [4.69, 9.17) is 18.9 Å². The lowest BCUT2D eigenvalue weighted by molar-refractivity contribution is -0.125. The number of fused-ring (bicyclic) bond motifs is 1. The summed E-state index contributed by atoms with van der Waals surface area (Å²) >= 11 is 0. The summed E-state index contributed by atoms with van der Waals surface area (Å²) in [6.07, 6.45) is 3.10. The van der Waals surface area contributed by atoms with Gasteiger partial charge < -0.3 is 34.1 Å². The van der Waals surface area contributed by atoms with Crippen LogP contribution in [0.3, 0.4) is 0 Å². The van der Waals surface area contributed by atoms with Gasteiger partial charge >= 0.3 is 0 Å². The Morgan fingerprint density at radius 3 is 2.31 bits per heavy atom. The Balaban J connectivity index is 1.55. The van der Waals surface area contributed by atoms with Gasteiger partial charge in [0.1, 0.15) is 5.75 Å². The van der Waals surface area contributed by atoms with E-state index in [1.54, 1.807) is 42.2 Å². The minimum Gasteiger partial charge on any atom is -0.493 e. The minimum atomic E-state index is -0.552. The van der Waals surface area contributed by atoms with Gasteiger partial charge in [0.05, 0.1) is 27.0 Å². The summed E-state index contributed by atoms with van der Waals surface area (Å²) in [5.74, 6) is 1.39. The van der Waals surface area contributed by atoms with Crippen LogP contribution >= 0.6 is 0 Å². The topological polar surface area (TPSA) is 89.6 Å². The van der Waals surface area contributed by atoms with Crippen molar-refractivity contribution in [1.29, 1.82) is 0 Å². The molecule has 2 heterocycles. The number of nitrogens with one attached hydrogen (secondary N) is 1. The van der Waals surface area contributed by atoms with Gasteiger partial charge in [0.25, 0.3) is 11.8 Å². The fraction of sp³-hybridized carbons (Fsp3) is 0.462. The predicted molar refractivity (Wildman–Crippen MR) is 133 cm³/mol. The monoisotopic (exact) mass is 483 g/mol. The van der Waals surface area contributed by atoms with Gasteiger partial charge in [-0.3, -0.25) is 9.59 Å². The highest BCUT2D eigenvalue weighted by atomic mass is 16.5. The molecule has 0 spiro atoms. The highest BCUT2D eigenvalue weighted by molar-refractivity contribution is 6.06. The molecular weight excluding hydrogens is 450 g/mol. The Hall–Kier alpha value is -3.46. The number of carbonyl (C=O) groups is 2. The van der Waals surface area contributed by atoms with Crippen LogP contribution in [0.25, 0.3) is 0 Å². The molecule has 2 aromatic carbocycles. The van der Waals surface area contributed by atoms with E-state index in [1.807, 2.05) is 0 Å². The first-order chi connectivity index (χ1) is 16.9. The van der Waals surface area contributed by atoms with Crippen molar-refractivity contribution in [3.63, 3.8) is 0 Å². The highest BCUT2D eigenvalue weighted by Crippen LogP contribution is 2.39. The fourth-order valence-corrected chi connectivity index (χ4v) is 4.56. The fourth-order valence-electron chi connectivity index (χ4n) is 4.56. The first-order valence-electron chi connectivity index (χ1n) is 11.9. The molecule has 0 bridgehead atoms. The SMILES string of the molecule is COc1cc(C(=O)Nc2ccc3c(c2)N(CCN2CCCCC2)C(=O)C(C)O3)cc(OC)c1OC. The van der Waals surface area contributed by atoms with E-state index < -0.39 is 6.10 Å². The largest absolute Gasteiger partial charge is 0.493 e. The van der Waals surface area contributed by atoms with Crippen LogP contribution in [0.5, 0.6) is 23.0 Å². The number of amides is 2. The van der Waals surface area contributed by atoms with E-state index in [-0.39, 0.29) is 11.8 Å². The molecule has 1 atom stereocenters. The lowest BCUT2D eigenvalue weighted by Gasteiger charge is -2.35. The molecular formula is C26H33N3O6. The third-order valence-corrected chi connectivity index (χ3v) is 6.44. The molecule has 9 heteroatoms. The molecule has 0 radical (unpaired) electrons. The Bertz CT molecular complexity index is 1060. The molecule has 4 rings (SSSR count). The summed E-state index contributed by atoms with van der Waals surface area (Å²) in [4.78, 5) is 30.2. The lowest BCUT2D eigenvalue weighted by Crippen LogP contribution is -2.48. The molecule has 1 fully saturated rings. The van der Waals surface area contributed by atoms with Crippen molar-refractivity contribution in [2.45, 2.75) is 32.3 Å². The van der Waals surface area contributed by atoms with E-state index in [0.717, 1.165) is 19.6 Å². The first-order valence-corrected chi connectivity index (χ1v) is 11.9. The number of methoxy groups -OCH3 is 3. The summed E-state index contributed by atoms with van der Waals surface area (Å²) in [6.45, 7) is 5.26. The van der Waals surface area contributed by atoms with Crippen molar-refractivity contribution >= 4 is 23.2 Å². The van der Waals surface area contributed by atoms with Crippen molar-refractivity contribution in [3.8, 4) is 23.0 Å². The molecule has 188 valence electrons. The van der Waals surface area contributed by atoms with E-state index in [1.165, 1.54) is 40.6 Å². The van der Waals surface area contributed by atoms with Crippen molar-refractivity contribution in [1.82, 2.24) is 4.90 Å².